The van der Waals surface area contributed by atoms with E-state index in [9.17, 15) is 9.59 Å². The maximum Gasteiger partial charge on any atom is 0.320 e. The fourth-order valence-electron chi connectivity index (χ4n) is 4.83. The van der Waals surface area contributed by atoms with Crippen molar-refractivity contribution in [2.75, 3.05) is 10.6 Å². The summed E-state index contributed by atoms with van der Waals surface area (Å²) in [5, 5.41) is 22.6. The van der Waals surface area contributed by atoms with Gasteiger partial charge in [0.15, 0.2) is 0 Å². The predicted molar refractivity (Wildman–Crippen MR) is 141 cm³/mol. The van der Waals surface area contributed by atoms with Gasteiger partial charge in [-0.15, -0.1) is 5.10 Å². The highest BCUT2D eigenvalue weighted by Crippen LogP contribution is 2.37. The Labute approximate surface area is 219 Å². The number of aromatic nitrogens is 4. The van der Waals surface area contributed by atoms with Crippen LogP contribution in [0, 0.1) is 12.8 Å². The predicted octanol–water partition coefficient (Wildman–Crippen LogP) is 5.58. The van der Waals surface area contributed by atoms with Gasteiger partial charge in [0.25, 0.3) is 0 Å². The fraction of sp³-hybridized carbons (Fsp3) is 0.286. The lowest BCUT2D eigenvalue weighted by molar-refractivity contribution is -0.138. The number of rotatable bonds is 8. The van der Waals surface area contributed by atoms with Crippen molar-refractivity contribution < 1.29 is 19.1 Å². The van der Waals surface area contributed by atoms with E-state index in [1.807, 2.05) is 61.5 Å². The summed E-state index contributed by atoms with van der Waals surface area (Å²) in [5.41, 5.74) is 4.22. The molecule has 1 aliphatic carbocycles. The quantitative estimate of drug-likeness (QED) is 0.276. The first-order valence-corrected chi connectivity index (χ1v) is 12.6. The highest BCUT2D eigenvalue weighted by Gasteiger charge is 2.24. The third kappa shape index (κ3) is 6.20. The maximum absolute atomic E-state index is 12.7. The Kier molecular flexibility index (Phi) is 7.39. The normalized spacial score (nSPS) is 17.1. The molecule has 194 valence electrons. The Morgan fingerprint density at radius 1 is 1.00 bits per heavy atom. The number of aliphatic carboxylic acids is 1. The summed E-state index contributed by atoms with van der Waals surface area (Å²) in [6, 6.07) is 17.2. The second kappa shape index (κ2) is 11.2. The number of nitrogens with one attached hydrogen (secondary N) is 2. The molecule has 1 amide bonds. The summed E-state index contributed by atoms with van der Waals surface area (Å²) in [4.78, 5) is 32.2. The number of hydrogen-bond donors (Lipinski definition) is 3. The van der Waals surface area contributed by atoms with Crippen molar-refractivity contribution in [3.8, 4) is 11.3 Å². The zero-order valence-corrected chi connectivity index (χ0v) is 20.9. The SMILES string of the molecule is Cc1nccc(-c2cccc(Nc3nnc(C(=O)Nc4ccc([C@H]5CC[C@H](CC(=O)O)CC5)cc4)o3)c2)n1. The van der Waals surface area contributed by atoms with Gasteiger partial charge in [-0.1, -0.05) is 29.4 Å². The second-order valence-corrected chi connectivity index (χ2v) is 9.50. The molecule has 4 aromatic rings. The zero-order chi connectivity index (χ0) is 26.5. The van der Waals surface area contributed by atoms with Crippen LogP contribution >= 0.6 is 0 Å². The first kappa shape index (κ1) is 25.1. The van der Waals surface area contributed by atoms with Crippen LogP contribution in [0.3, 0.4) is 0 Å². The largest absolute Gasteiger partial charge is 0.481 e. The number of hydrogen-bond acceptors (Lipinski definition) is 8. The first-order chi connectivity index (χ1) is 18.4. The van der Waals surface area contributed by atoms with Crippen LogP contribution in [0.15, 0.2) is 65.2 Å². The Morgan fingerprint density at radius 2 is 1.79 bits per heavy atom. The van der Waals surface area contributed by atoms with Gasteiger partial charge in [0.05, 0.1) is 5.69 Å². The van der Waals surface area contributed by atoms with Crippen LogP contribution in [0.5, 0.6) is 0 Å². The van der Waals surface area contributed by atoms with Crippen LogP contribution in [-0.2, 0) is 4.79 Å². The Balaban J connectivity index is 1.17. The number of carbonyl (C=O) groups is 2. The van der Waals surface area contributed by atoms with E-state index < -0.39 is 11.9 Å². The van der Waals surface area contributed by atoms with Crippen LogP contribution < -0.4 is 10.6 Å². The van der Waals surface area contributed by atoms with Gasteiger partial charge in [-0.2, -0.15) is 0 Å². The Hall–Kier alpha value is -4.60. The third-order valence-electron chi connectivity index (χ3n) is 6.75. The molecular formula is C28H28N6O4. The Morgan fingerprint density at radius 3 is 2.53 bits per heavy atom. The lowest BCUT2D eigenvalue weighted by Crippen LogP contribution is -2.16. The smallest absolute Gasteiger partial charge is 0.320 e. The minimum absolute atomic E-state index is 0.0972. The number of carboxylic acids is 1. The summed E-state index contributed by atoms with van der Waals surface area (Å²) >= 11 is 0. The number of carbonyl (C=O) groups excluding carboxylic acids is 1. The molecular weight excluding hydrogens is 484 g/mol. The van der Waals surface area contributed by atoms with Gasteiger partial charge in [0.1, 0.15) is 5.82 Å². The van der Waals surface area contributed by atoms with E-state index in [1.165, 1.54) is 5.56 Å². The number of carboxylic acid groups (broad SMARTS) is 1. The van der Waals surface area contributed by atoms with Crippen molar-refractivity contribution in [1.82, 2.24) is 20.2 Å². The van der Waals surface area contributed by atoms with Crippen LogP contribution in [0.4, 0.5) is 17.4 Å². The standard InChI is InChI=1S/C28H28N6O4/c1-17-29-14-13-24(30-17)21-3-2-4-23(16-21)32-28-34-33-27(38-28)26(37)31-22-11-9-20(10-12-22)19-7-5-18(6-8-19)15-25(35)36/h2-4,9-14,16,18-19H,5-8,15H2,1H3,(H,31,37)(H,32,34)(H,35,36)/t18-,19-. The van der Waals surface area contributed by atoms with Gasteiger partial charge in [0, 0.05) is 29.6 Å². The molecule has 0 saturated heterocycles. The van der Waals surface area contributed by atoms with Crippen molar-refractivity contribution in [1.29, 1.82) is 0 Å². The molecule has 0 unspecified atom stereocenters. The molecule has 0 atom stereocenters. The van der Waals surface area contributed by atoms with E-state index in [-0.39, 0.29) is 24.2 Å². The molecule has 0 spiro atoms. The minimum Gasteiger partial charge on any atom is -0.481 e. The van der Waals surface area contributed by atoms with Crippen LogP contribution in [-0.4, -0.2) is 37.1 Å². The minimum atomic E-state index is -0.722. The highest BCUT2D eigenvalue weighted by molar-refractivity contribution is 6.00. The van der Waals surface area contributed by atoms with E-state index in [2.05, 4.69) is 30.8 Å². The fourth-order valence-corrected chi connectivity index (χ4v) is 4.83. The van der Waals surface area contributed by atoms with Crippen molar-refractivity contribution in [2.45, 2.75) is 44.9 Å². The van der Waals surface area contributed by atoms with E-state index in [0.717, 1.165) is 36.9 Å². The van der Waals surface area contributed by atoms with E-state index in [1.54, 1.807) is 6.20 Å². The van der Waals surface area contributed by atoms with Crippen molar-refractivity contribution >= 4 is 29.3 Å². The molecule has 5 rings (SSSR count). The molecule has 1 saturated carbocycles. The number of anilines is 3. The Bertz CT molecular complexity index is 1430. The lowest BCUT2D eigenvalue weighted by Gasteiger charge is -2.28. The summed E-state index contributed by atoms with van der Waals surface area (Å²) in [6.07, 6.45) is 5.76. The van der Waals surface area contributed by atoms with Crippen molar-refractivity contribution in [3.63, 3.8) is 0 Å². The van der Waals surface area contributed by atoms with Gasteiger partial charge in [-0.25, -0.2) is 9.97 Å². The summed E-state index contributed by atoms with van der Waals surface area (Å²) in [5.74, 6) is -0.0220. The molecule has 2 aromatic carbocycles. The van der Waals surface area contributed by atoms with Gasteiger partial charge < -0.3 is 20.2 Å². The number of amides is 1. The summed E-state index contributed by atoms with van der Waals surface area (Å²) in [6.45, 7) is 1.84. The average Bonchev–Trinajstić information content (AvgIpc) is 3.38. The molecule has 3 N–H and O–H groups in total. The molecule has 1 aliphatic rings. The van der Waals surface area contributed by atoms with Crippen LogP contribution in [0.1, 0.15) is 60.1 Å². The first-order valence-electron chi connectivity index (χ1n) is 12.6. The van der Waals surface area contributed by atoms with Crippen LogP contribution in [0.2, 0.25) is 0 Å². The van der Waals surface area contributed by atoms with Gasteiger partial charge in [-0.3, -0.25) is 9.59 Å². The molecule has 38 heavy (non-hydrogen) atoms. The summed E-state index contributed by atoms with van der Waals surface area (Å²) < 4.78 is 5.53. The van der Waals surface area contributed by atoms with Crippen molar-refractivity contribution in [2.24, 2.45) is 5.92 Å². The molecule has 1 fully saturated rings. The van der Waals surface area contributed by atoms with E-state index in [0.29, 0.717) is 23.1 Å². The lowest BCUT2D eigenvalue weighted by atomic mass is 9.77. The van der Waals surface area contributed by atoms with Crippen LogP contribution in [0.25, 0.3) is 11.3 Å². The second-order valence-electron chi connectivity index (χ2n) is 9.50. The topological polar surface area (TPSA) is 143 Å². The number of benzene rings is 2. The molecule has 0 aliphatic heterocycles. The zero-order valence-electron chi connectivity index (χ0n) is 20.9. The number of aryl methyl sites for hydroxylation is 1. The third-order valence-corrected chi connectivity index (χ3v) is 6.75. The van der Waals surface area contributed by atoms with Gasteiger partial charge in [-0.05, 0) is 80.3 Å². The monoisotopic (exact) mass is 512 g/mol. The van der Waals surface area contributed by atoms with Crippen molar-refractivity contribution in [3.05, 3.63) is 78.1 Å². The van der Waals surface area contributed by atoms with Gasteiger partial charge >= 0.3 is 23.8 Å². The number of nitrogens with zero attached hydrogens (tertiary/aromatic N) is 4. The molecule has 0 bridgehead atoms. The summed E-state index contributed by atoms with van der Waals surface area (Å²) in [7, 11) is 0. The van der Waals surface area contributed by atoms with E-state index in [4.69, 9.17) is 9.52 Å². The molecule has 2 aromatic heterocycles. The van der Waals surface area contributed by atoms with E-state index >= 15 is 0 Å². The molecule has 10 nitrogen and oxygen atoms in total. The maximum atomic E-state index is 12.7. The average molecular weight is 513 g/mol. The molecule has 0 radical (unpaired) electrons. The molecule has 2 heterocycles. The molecule has 10 heteroatoms. The highest BCUT2D eigenvalue weighted by atomic mass is 16.4. The van der Waals surface area contributed by atoms with Gasteiger partial charge in [0.2, 0.25) is 0 Å².